The number of carbonyl (C=O) groups is 2. The summed E-state index contributed by atoms with van der Waals surface area (Å²) in [6.07, 6.45) is 0.770. The van der Waals surface area contributed by atoms with Crippen LogP contribution in [0.4, 0.5) is 0 Å². The summed E-state index contributed by atoms with van der Waals surface area (Å²) in [4.78, 5) is 20.6. The van der Waals surface area contributed by atoms with Crippen molar-refractivity contribution in [3.05, 3.63) is 29.8 Å². The Labute approximate surface area is 97.6 Å². The number of benzene rings is 1. The van der Waals surface area contributed by atoms with Gasteiger partial charge in [-0.1, -0.05) is 0 Å². The molecule has 0 spiro atoms. The highest BCUT2D eigenvalue weighted by molar-refractivity contribution is 7.99. The van der Waals surface area contributed by atoms with Crippen LogP contribution >= 0.6 is 11.8 Å². The lowest BCUT2D eigenvalue weighted by atomic mass is 10.2. The molecule has 0 aliphatic heterocycles. The molecule has 0 aliphatic carbocycles. The number of carbonyl (C=O) groups excluding carboxylic acids is 1. The molecule has 0 radical (unpaired) electrons. The van der Waals surface area contributed by atoms with Crippen molar-refractivity contribution in [2.24, 2.45) is 0 Å². The molecular weight excluding hydrogens is 228 g/mol. The highest BCUT2D eigenvalue weighted by Gasteiger charge is 1.98. The van der Waals surface area contributed by atoms with Crippen LogP contribution < -0.4 is 4.74 Å². The van der Waals surface area contributed by atoms with Gasteiger partial charge < -0.3 is 9.84 Å². The molecule has 5 heteroatoms. The predicted molar refractivity (Wildman–Crippen MR) is 62.3 cm³/mol. The number of aliphatic carboxylic acids is 1. The first kappa shape index (κ1) is 12.6. The highest BCUT2D eigenvalue weighted by atomic mass is 32.2. The standard InChI is InChI=1S/C11H12O4S/c12-7-9-1-3-10(4-2-9)15-5-6-16-8-11(13)14/h1-4,7H,5-6,8H2,(H,13,14). The molecule has 0 atom stereocenters. The van der Waals surface area contributed by atoms with E-state index in [-0.39, 0.29) is 5.75 Å². The first-order valence-electron chi connectivity index (χ1n) is 4.70. The van der Waals surface area contributed by atoms with Crippen LogP contribution in [0, 0.1) is 0 Å². The third-order valence-corrected chi connectivity index (χ3v) is 2.64. The molecule has 0 fully saturated rings. The van der Waals surface area contributed by atoms with Gasteiger partial charge in [-0.2, -0.15) is 0 Å². The molecule has 0 aromatic heterocycles. The van der Waals surface area contributed by atoms with Gasteiger partial charge in [-0.25, -0.2) is 0 Å². The Hall–Kier alpha value is -1.49. The average Bonchev–Trinajstić information content (AvgIpc) is 2.29. The number of carboxylic acid groups (broad SMARTS) is 1. The number of carboxylic acids is 1. The van der Waals surface area contributed by atoms with Gasteiger partial charge in [0.05, 0.1) is 12.4 Å². The van der Waals surface area contributed by atoms with Crippen molar-refractivity contribution in [2.75, 3.05) is 18.1 Å². The quantitative estimate of drug-likeness (QED) is 0.580. The van der Waals surface area contributed by atoms with Gasteiger partial charge in [0, 0.05) is 11.3 Å². The lowest BCUT2D eigenvalue weighted by Gasteiger charge is -2.05. The Balaban J connectivity index is 2.21. The summed E-state index contributed by atoms with van der Waals surface area (Å²) in [6, 6.07) is 6.77. The molecule has 1 rings (SSSR count). The van der Waals surface area contributed by atoms with E-state index in [1.807, 2.05) is 0 Å². The predicted octanol–water partition coefficient (Wildman–Crippen LogP) is 1.70. The fraction of sp³-hybridized carbons (Fsp3) is 0.273. The molecule has 0 unspecified atom stereocenters. The number of aldehydes is 1. The second-order valence-corrected chi connectivity index (χ2v) is 4.09. The maximum atomic E-state index is 10.4. The van der Waals surface area contributed by atoms with Crippen LogP contribution in [0.15, 0.2) is 24.3 Å². The van der Waals surface area contributed by atoms with Crippen molar-refractivity contribution in [1.82, 2.24) is 0 Å². The molecule has 1 aromatic carbocycles. The molecule has 0 bridgehead atoms. The number of thioether (sulfide) groups is 1. The number of ether oxygens (including phenoxy) is 1. The van der Waals surface area contributed by atoms with Crippen LogP contribution in [0.25, 0.3) is 0 Å². The number of hydrogen-bond acceptors (Lipinski definition) is 4. The van der Waals surface area contributed by atoms with Crippen LogP contribution in [0.5, 0.6) is 5.75 Å². The van der Waals surface area contributed by atoms with Crippen molar-refractivity contribution in [2.45, 2.75) is 0 Å². The zero-order valence-electron chi connectivity index (χ0n) is 8.59. The van der Waals surface area contributed by atoms with Gasteiger partial charge in [-0.3, -0.25) is 9.59 Å². The maximum absolute atomic E-state index is 10.4. The number of hydrogen-bond donors (Lipinski definition) is 1. The first-order valence-corrected chi connectivity index (χ1v) is 5.85. The third kappa shape index (κ3) is 4.84. The normalized spacial score (nSPS) is 9.75. The van der Waals surface area contributed by atoms with Gasteiger partial charge >= 0.3 is 5.97 Å². The third-order valence-electron chi connectivity index (χ3n) is 1.74. The second kappa shape index (κ2) is 6.90. The highest BCUT2D eigenvalue weighted by Crippen LogP contribution is 2.11. The van der Waals surface area contributed by atoms with Crippen LogP contribution in [0.2, 0.25) is 0 Å². The van der Waals surface area contributed by atoms with Crippen LogP contribution in [-0.2, 0) is 4.79 Å². The molecule has 16 heavy (non-hydrogen) atoms. The van der Waals surface area contributed by atoms with Crippen molar-refractivity contribution in [1.29, 1.82) is 0 Å². The van der Waals surface area contributed by atoms with E-state index in [2.05, 4.69) is 0 Å². The van der Waals surface area contributed by atoms with E-state index >= 15 is 0 Å². The van der Waals surface area contributed by atoms with E-state index in [9.17, 15) is 9.59 Å². The smallest absolute Gasteiger partial charge is 0.313 e. The minimum atomic E-state index is -0.819. The van der Waals surface area contributed by atoms with Crippen molar-refractivity contribution in [3.63, 3.8) is 0 Å². The molecule has 4 nitrogen and oxygen atoms in total. The Kier molecular flexibility index (Phi) is 5.42. The Morgan fingerprint density at radius 2 is 2.06 bits per heavy atom. The van der Waals surface area contributed by atoms with E-state index < -0.39 is 5.97 Å². The summed E-state index contributed by atoms with van der Waals surface area (Å²) < 4.78 is 5.36. The van der Waals surface area contributed by atoms with E-state index in [4.69, 9.17) is 9.84 Å². The maximum Gasteiger partial charge on any atom is 0.313 e. The second-order valence-electron chi connectivity index (χ2n) is 2.98. The zero-order chi connectivity index (χ0) is 11.8. The Bertz CT molecular complexity index is 348. The molecule has 0 saturated heterocycles. The lowest BCUT2D eigenvalue weighted by molar-refractivity contribution is -0.133. The van der Waals surface area contributed by atoms with Crippen LogP contribution in [0.1, 0.15) is 10.4 Å². The van der Waals surface area contributed by atoms with Crippen molar-refractivity contribution in [3.8, 4) is 5.75 Å². The molecule has 1 aromatic rings. The van der Waals surface area contributed by atoms with Gasteiger partial charge in [0.1, 0.15) is 12.0 Å². The molecule has 1 N–H and O–H groups in total. The van der Waals surface area contributed by atoms with Gasteiger partial charge in [-0.05, 0) is 24.3 Å². The fourth-order valence-corrected chi connectivity index (χ4v) is 1.54. The van der Waals surface area contributed by atoms with Crippen molar-refractivity contribution >= 4 is 24.0 Å². The van der Waals surface area contributed by atoms with Gasteiger partial charge in [0.25, 0.3) is 0 Å². The Morgan fingerprint density at radius 1 is 1.38 bits per heavy atom. The van der Waals surface area contributed by atoms with Crippen molar-refractivity contribution < 1.29 is 19.4 Å². The van der Waals surface area contributed by atoms with Crippen LogP contribution in [-0.4, -0.2) is 35.5 Å². The minimum Gasteiger partial charge on any atom is -0.493 e. The molecule has 0 aliphatic rings. The largest absolute Gasteiger partial charge is 0.493 e. The summed E-state index contributed by atoms with van der Waals surface area (Å²) in [6.45, 7) is 0.457. The topological polar surface area (TPSA) is 63.6 Å². The van der Waals surface area contributed by atoms with Crippen LogP contribution in [0.3, 0.4) is 0 Å². The van der Waals surface area contributed by atoms with E-state index in [0.717, 1.165) is 6.29 Å². The summed E-state index contributed by atoms with van der Waals surface area (Å²) in [7, 11) is 0. The fourth-order valence-electron chi connectivity index (χ4n) is 1.02. The zero-order valence-corrected chi connectivity index (χ0v) is 9.40. The van der Waals surface area contributed by atoms with Gasteiger partial charge in [0.15, 0.2) is 0 Å². The van der Waals surface area contributed by atoms with E-state index in [1.165, 1.54) is 11.8 Å². The van der Waals surface area contributed by atoms with E-state index in [1.54, 1.807) is 24.3 Å². The lowest BCUT2D eigenvalue weighted by Crippen LogP contribution is -2.04. The minimum absolute atomic E-state index is 0.0907. The average molecular weight is 240 g/mol. The summed E-state index contributed by atoms with van der Waals surface area (Å²) in [5, 5.41) is 8.39. The molecule has 0 amide bonds. The molecular formula is C11H12O4S. The van der Waals surface area contributed by atoms with Gasteiger partial charge in [-0.15, -0.1) is 11.8 Å². The SMILES string of the molecule is O=Cc1ccc(OCCSCC(=O)O)cc1. The van der Waals surface area contributed by atoms with Gasteiger partial charge in [0.2, 0.25) is 0 Å². The summed E-state index contributed by atoms with van der Waals surface area (Å²) >= 11 is 1.31. The summed E-state index contributed by atoms with van der Waals surface area (Å²) in [5.41, 5.74) is 0.604. The molecule has 0 saturated carbocycles. The summed E-state index contributed by atoms with van der Waals surface area (Å²) in [5.74, 6) is 0.580. The monoisotopic (exact) mass is 240 g/mol. The Morgan fingerprint density at radius 3 is 2.62 bits per heavy atom. The van der Waals surface area contributed by atoms with E-state index in [0.29, 0.717) is 23.7 Å². The number of rotatable bonds is 7. The first-order chi connectivity index (χ1) is 7.72. The molecule has 86 valence electrons. The molecule has 0 heterocycles.